The number of nitrogens with one attached hydrogen (secondary N) is 2. The smallest absolute Gasteiger partial charge is 0.416 e. The second-order valence-corrected chi connectivity index (χ2v) is 11.3. The highest BCUT2D eigenvalue weighted by Crippen LogP contribution is 2.41. The number of urea groups is 1. The van der Waals surface area contributed by atoms with Gasteiger partial charge >= 0.3 is 18.4 Å². The summed E-state index contributed by atoms with van der Waals surface area (Å²) in [7, 11) is 6.85. The van der Waals surface area contributed by atoms with Gasteiger partial charge in [0, 0.05) is 38.0 Å². The first-order chi connectivity index (χ1) is 22.8. The van der Waals surface area contributed by atoms with Crippen LogP contribution < -0.4 is 25.2 Å². The number of anilines is 6. The number of carbonyl (C=O) groups excluding carboxylic acids is 2. The lowest BCUT2D eigenvalue weighted by atomic mass is 10.1. The van der Waals surface area contributed by atoms with Crippen LogP contribution in [0.3, 0.4) is 0 Å². The topological polar surface area (TPSA) is 106 Å². The highest BCUT2D eigenvalue weighted by molar-refractivity contribution is 6.04. The number of aromatic nitrogens is 2. The Labute approximate surface area is 276 Å². The summed E-state index contributed by atoms with van der Waals surface area (Å²) >= 11 is 0. The monoisotopic (exact) mass is 698 g/mol. The highest BCUT2D eigenvalue weighted by Gasteiger charge is 2.46. The molecule has 2 heterocycles. The number of carbonyl (C=O) groups is 2. The molecule has 3 amide bonds. The van der Waals surface area contributed by atoms with Crippen molar-refractivity contribution < 1.29 is 45.1 Å². The van der Waals surface area contributed by atoms with E-state index in [1.54, 1.807) is 18.0 Å². The summed E-state index contributed by atoms with van der Waals surface area (Å²) in [4.78, 5) is 39.4. The number of fused-ring (bicyclic) bond motifs is 1. The number of hydrogen-bond acceptors (Lipinski definition) is 8. The molecule has 2 N–H and O–H groups in total. The molecule has 49 heavy (non-hydrogen) atoms. The van der Waals surface area contributed by atoms with Gasteiger partial charge in [0.2, 0.25) is 5.95 Å². The van der Waals surface area contributed by atoms with Crippen LogP contribution in [0, 0.1) is 0 Å². The van der Waals surface area contributed by atoms with Crippen molar-refractivity contribution in [2.24, 2.45) is 0 Å². The van der Waals surface area contributed by atoms with Crippen molar-refractivity contribution in [3.63, 3.8) is 0 Å². The number of methoxy groups -OCH3 is 1. The fourth-order valence-corrected chi connectivity index (χ4v) is 4.78. The van der Waals surface area contributed by atoms with E-state index in [-0.39, 0.29) is 40.1 Å². The van der Waals surface area contributed by atoms with E-state index in [0.29, 0.717) is 35.8 Å². The Balaban J connectivity index is 1.80. The van der Waals surface area contributed by atoms with Gasteiger partial charge in [-0.15, -0.1) is 0 Å². The zero-order valence-electron chi connectivity index (χ0n) is 27.0. The van der Waals surface area contributed by atoms with Crippen molar-refractivity contribution in [2.75, 3.05) is 61.8 Å². The number of nitrogens with zero attached hydrogens (tertiary/aromatic N) is 6. The second-order valence-electron chi connectivity index (χ2n) is 11.3. The summed E-state index contributed by atoms with van der Waals surface area (Å²) in [6.45, 7) is 4.38. The molecule has 264 valence electrons. The van der Waals surface area contributed by atoms with Crippen LogP contribution >= 0.6 is 0 Å². The Morgan fingerprint density at radius 2 is 1.71 bits per heavy atom. The van der Waals surface area contributed by atoms with Crippen LogP contribution in [-0.2, 0) is 17.5 Å². The zero-order chi connectivity index (χ0) is 36.4. The molecule has 2 aromatic carbocycles. The van der Waals surface area contributed by atoms with Gasteiger partial charge in [-0.25, -0.2) is 19.1 Å². The van der Waals surface area contributed by atoms with Crippen molar-refractivity contribution >= 4 is 46.5 Å². The molecule has 18 heteroatoms. The quantitative estimate of drug-likeness (QED) is 0.169. The van der Waals surface area contributed by atoms with Crippen LogP contribution in [0.5, 0.6) is 5.75 Å². The molecule has 3 aromatic rings. The van der Waals surface area contributed by atoms with Crippen molar-refractivity contribution in [3.05, 3.63) is 66.1 Å². The lowest BCUT2D eigenvalue weighted by Gasteiger charge is -2.39. The summed E-state index contributed by atoms with van der Waals surface area (Å²) in [5.74, 6) is -2.51. The number of benzene rings is 2. The van der Waals surface area contributed by atoms with E-state index >= 15 is 0 Å². The molecule has 1 aromatic heterocycles. The zero-order valence-corrected chi connectivity index (χ0v) is 27.0. The Hall–Kier alpha value is -5.13. The fraction of sp³-hybridized carbons (Fsp3) is 0.355. The van der Waals surface area contributed by atoms with E-state index in [9.17, 15) is 40.3 Å². The van der Waals surface area contributed by atoms with Gasteiger partial charge in [0.15, 0.2) is 11.6 Å². The van der Waals surface area contributed by atoms with Crippen molar-refractivity contribution in [2.45, 2.75) is 31.9 Å². The van der Waals surface area contributed by atoms with Crippen LogP contribution in [0.2, 0.25) is 0 Å². The standard InChI is InChI=1S/C31H33F7N8O3/c1-17(32)27(47)40-22-13-23(25(49-6)14-24(22)44(5)12-11-43(3)4)41-28-39-15-19-16-45(18(2)30(33,34)35)29(48)46(26(19)42-28)21-9-7-20(8-10-21)31(36,37)38/h7-10,13-15,18H,1,11-12,16H2,2-6H3,(H,40,47)(H,39,41,42)/t18-/m0/s1. The number of halogens is 7. The van der Waals surface area contributed by atoms with Crippen molar-refractivity contribution in [3.8, 4) is 5.75 Å². The highest BCUT2D eigenvalue weighted by atomic mass is 19.4. The molecule has 0 saturated carbocycles. The molecule has 1 aliphatic rings. The first-order valence-electron chi connectivity index (χ1n) is 14.5. The van der Waals surface area contributed by atoms with Crippen molar-refractivity contribution in [1.82, 2.24) is 19.8 Å². The van der Waals surface area contributed by atoms with Gasteiger partial charge in [0.05, 0.1) is 42.0 Å². The molecule has 0 unspecified atom stereocenters. The lowest BCUT2D eigenvalue weighted by Crippen LogP contribution is -2.53. The van der Waals surface area contributed by atoms with Crippen LogP contribution in [0.25, 0.3) is 0 Å². The maximum Gasteiger partial charge on any atom is 0.416 e. The van der Waals surface area contributed by atoms with Gasteiger partial charge in [0.25, 0.3) is 5.91 Å². The van der Waals surface area contributed by atoms with E-state index in [1.807, 2.05) is 19.0 Å². The van der Waals surface area contributed by atoms with E-state index in [4.69, 9.17) is 4.74 Å². The van der Waals surface area contributed by atoms with Crippen molar-refractivity contribution in [1.29, 1.82) is 0 Å². The molecular weight excluding hydrogens is 665 g/mol. The average Bonchev–Trinajstić information content (AvgIpc) is 3.02. The van der Waals surface area contributed by atoms with Gasteiger partial charge in [-0.2, -0.15) is 31.3 Å². The Morgan fingerprint density at radius 1 is 1.06 bits per heavy atom. The van der Waals surface area contributed by atoms with Gasteiger partial charge in [-0.05, 0) is 51.4 Å². The van der Waals surface area contributed by atoms with Gasteiger partial charge < -0.3 is 30.1 Å². The predicted molar refractivity (Wildman–Crippen MR) is 169 cm³/mol. The van der Waals surface area contributed by atoms with E-state index in [0.717, 1.165) is 24.0 Å². The third-order valence-electron chi connectivity index (χ3n) is 7.58. The minimum absolute atomic E-state index is 0.0698. The number of likely N-dealkylation sites (N-methyl/N-ethyl adjacent to an activating group) is 2. The first-order valence-corrected chi connectivity index (χ1v) is 14.5. The van der Waals surface area contributed by atoms with Crippen LogP contribution in [0.15, 0.2) is 55.0 Å². The van der Waals surface area contributed by atoms with Gasteiger partial charge in [-0.1, -0.05) is 6.58 Å². The van der Waals surface area contributed by atoms with E-state index < -0.39 is 48.3 Å². The fourth-order valence-electron chi connectivity index (χ4n) is 4.78. The molecule has 1 atom stereocenters. The maximum absolute atomic E-state index is 13.7. The molecule has 0 radical (unpaired) electrons. The molecule has 11 nitrogen and oxygen atoms in total. The maximum atomic E-state index is 13.7. The molecule has 0 saturated heterocycles. The second kappa shape index (κ2) is 14.2. The molecule has 0 fully saturated rings. The minimum atomic E-state index is -4.81. The van der Waals surface area contributed by atoms with E-state index in [1.165, 1.54) is 19.4 Å². The number of alkyl halides is 6. The summed E-state index contributed by atoms with van der Waals surface area (Å²) in [6, 6.07) is 2.82. The number of amides is 3. The third kappa shape index (κ3) is 8.30. The first kappa shape index (κ1) is 36.7. The molecule has 0 aliphatic carbocycles. The molecule has 1 aliphatic heterocycles. The summed E-state index contributed by atoms with van der Waals surface area (Å²) in [5, 5.41) is 5.33. The van der Waals surface area contributed by atoms with E-state index in [2.05, 4.69) is 27.2 Å². The van der Waals surface area contributed by atoms with Gasteiger partial charge in [0.1, 0.15) is 11.8 Å². The van der Waals surface area contributed by atoms with Crippen LogP contribution in [0.4, 0.5) is 70.0 Å². The summed E-state index contributed by atoms with van der Waals surface area (Å²) in [5.41, 5.74) is -0.397. The summed E-state index contributed by atoms with van der Waals surface area (Å²) in [6.07, 6.45) is -8.34. The average molecular weight is 699 g/mol. The molecule has 4 rings (SSSR count). The largest absolute Gasteiger partial charge is 0.494 e. The normalized spacial score (nSPS) is 14.0. The Bertz CT molecular complexity index is 1710. The van der Waals surface area contributed by atoms with Gasteiger partial charge in [-0.3, -0.25) is 4.79 Å². The Morgan fingerprint density at radius 3 is 2.27 bits per heavy atom. The number of hydrogen-bond donors (Lipinski definition) is 2. The summed E-state index contributed by atoms with van der Waals surface area (Å²) < 4.78 is 100. The molecular formula is C31H33F7N8O3. The number of ether oxygens (including phenoxy) is 1. The molecule has 0 spiro atoms. The minimum Gasteiger partial charge on any atom is -0.494 e. The molecule has 0 bridgehead atoms. The SMILES string of the molecule is C=C(F)C(=O)Nc1cc(Nc2ncc3c(n2)N(c2ccc(C(F)(F)F)cc2)C(=O)N([C@@H](C)C(F)(F)F)C3)c(OC)cc1N(C)CCN(C)C. The third-order valence-corrected chi connectivity index (χ3v) is 7.58. The van der Waals surface area contributed by atoms with Crippen LogP contribution in [0.1, 0.15) is 18.1 Å². The predicted octanol–water partition coefficient (Wildman–Crippen LogP) is 6.69. The lowest BCUT2D eigenvalue weighted by molar-refractivity contribution is -0.172. The van der Waals surface area contributed by atoms with Crippen LogP contribution in [-0.4, -0.2) is 85.3 Å². The number of rotatable bonds is 11. The Kier molecular flexibility index (Phi) is 10.6.